The molecule has 0 aliphatic heterocycles. The van der Waals surface area contributed by atoms with Gasteiger partial charge in [0.25, 0.3) is 31.0 Å². The molecule has 0 saturated carbocycles. The number of aromatic nitrogens is 8. The summed E-state index contributed by atoms with van der Waals surface area (Å²) in [5, 5.41) is 9.27. The third-order valence-corrected chi connectivity index (χ3v) is 7.61. The number of H-pyrrole nitrogens is 3. The van der Waals surface area contributed by atoms with E-state index in [-0.39, 0.29) is 64.5 Å². The number of hydrogen-bond donors (Lipinski definition) is 4. The Morgan fingerprint density at radius 1 is 0.904 bits per heavy atom. The van der Waals surface area contributed by atoms with Crippen molar-refractivity contribution in [2.75, 3.05) is 18.1 Å². The maximum Gasteiger partial charge on any atom is 0.413 e. The first-order valence-corrected chi connectivity index (χ1v) is 15.9. The van der Waals surface area contributed by atoms with E-state index in [1.165, 1.54) is 40.1 Å². The second kappa shape index (κ2) is 17.7. The molecule has 2 atom stereocenters. The number of thiocarbonyl (C=S) groups is 1. The second-order valence-electron chi connectivity index (χ2n) is 10.2. The van der Waals surface area contributed by atoms with Crippen molar-refractivity contribution in [3.8, 4) is 0 Å². The fourth-order valence-electron chi connectivity index (χ4n) is 4.72. The summed E-state index contributed by atoms with van der Waals surface area (Å²) in [5.74, 6) is -0.703. The van der Waals surface area contributed by atoms with Crippen LogP contribution >= 0.6 is 24.4 Å². The Hall–Kier alpha value is -5.45. The third kappa shape index (κ3) is 9.06. The highest BCUT2D eigenvalue weighted by Gasteiger charge is 2.28. The van der Waals surface area contributed by atoms with Crippen molar-refractivity contribution in [1.82, 2.24) is 44.4 Å². The number of halogens is 6. The van der Waals surface area contributed by atoms with Gasteiger partial charge >= 0.3 is 12.1 Å². The standard InChI is InChI=1S/C17H20F3N5O4S.C12H10F3N5OS/c1-3-28-15(26)12-11(6-7-21-12)24(16(30)23-17(27)29-4-2)9-10-5-8-22-25(10)14(20)13(18)19;13-9(14)10(15)20-6(1-4-17-20)5-19-7-2-3-16-8(7)11(21)18-12(19)22/h5-8,13-14,21H,3-4,9H2,1-2H3,(H,23,27,30);1-4,9-10,16H,5H2,(H,18,21,22). The van der Waals surface area contributed by atoms with Crippen LogP contribution in [0.1, 0.15) is 48.3 Å². The van der Waals surface area contributed by atoms with Gasteiger partial charge < -0.3 is 28.9 Å². The number of carbonyl (C=O) groups is 2. The first-order chi connectivity index (χ1) is 24.8. The molecule has 0 bridgehead atoms. The van der Waals surface area contributed by atoms with Gasteiger partial charge in [0.15, 0.2) is 9.88 Å². The minimum Gasteiger partial charge on any atom is -0.461 e. The number of alkyl halides is 6. The van der Waals surface area contributed by atoms with E-state index in [2.05, 4.69) is 30.5 Å². The monoisotopic (exact) mass is 776 g/mol. The molecule has 5 aromatic rings. The Labute approximate surface area is 299 Å². The smallest absolute Gasteiger partial charge is 0.413 e. The van der Waals surface area contributed by atoms with Gasteiger partial charge in [0.05, 0.1) is 48.9 Å². The van der Waals surface area contributed by atoms with Gasteiger partial charge in [0.2, 0.25) is 0 Å². The number of anilines is 1. The highest BCUT2D eigenvalue weighted by atomic mass is 32.1. The van der Waals surface area contributed by atoms with Crippen LogP contribution in [0.2, 0.25) is 0 Å². The van der Waals surface area contributed by atoms with Gasteiger partial charge in [-0.25, -0.2) is 45.3 Å². The molecule has 5 aromatic heterocycles. The lowest BCUT2D eigenvalue weighted by molar-refractivity contribution is -0.00105. The van der Waals surface area contributed by atoms with Crippen molar-refractivity contribution in [3.63, 3.8) is 0 Å². The minimum atomic E-state index is -3.30. The Morgan fingerprint density at radius 2 is 1.50 bits per heavy atom. The summed E-state index contributed by atoms with van der Waals surface area (Å²) in [7, 11) is 0. The van der Waals surface area contributed by atoms with Crippen LogP contribution < -0.4 is 15.8 Å². The highest BCUT2D eigenvalue weighted by molar-refractivity contribution is 7.80. The molecule has 4 N–H and O–H groups in total. The first-order valence-electron chi connectivity index (χ1n) is 15.1. The second-order valence-corrected chi connectivity index (χ2v) is 11.0. The number of fused-ring (bicyclic) bond motifs is 1. The van der Waals surface area contributed by atoms with Crippen molar-refractivity contribution in [2.24, 2.45) is 0 Å². The average Bonchev–Trinajstić information content (AvgIpc) is 3.92. The van der Waals surface area contributed by atoms with Gasteiger partial charge in [0.1, 0.15) is 11.2 Å². The van der Waals surface area contributed by atoms with Crippen LogP contribution in [0.3, 0.4) is 0 Å². The molecule has 5 heterocycles. The lowest BCUT2D eigenvalue weighted by Gasteiger charge is -2.26. The van der Waals surface area contributed by atoms with Crippen molar-refractivity contribution in [2.45, 2.75) is 52.4 Å². The van der Waals surface area contributed by atoms with Crippen LogP contribution in [-0.4, -0.2) is 82.3 Å². The van der Waals surface area contributed by atoms with E-state index in [1.807, 2.05) is 0 Å². The molecule has 0 spiro atoms. The van der Waals surface area contributed by atoms with Crippen LogP contribution in [0.5, 0.6) is 0 Å². The van der Waals surface area contributed by atoms with Crippen LogP contribution in [0, 0.1) is 4.77 Å². The topological polar surface area (TPSA) is 173 Å². The summed E-state index contributed by atoms with van der Waals surface area (Å²) in [6.45, 7) is 3.11. The SMILES string of the molecule is CCOC(=O)NC(=S)N(Cc1ccnn1C(F)C(F)F)c1cc[nH]c1C(=O)OCC.O=c1[nH]c(=S)n(Cc2ccnn2C(F)C(F)F)c2cc[nH]c12. The average molecular weight is 777 g/mol. The number of nitrogens with one attached hydrogen (secondary N) is 4. The number of carbonyl (C=O) groups excluding carboxylic acids is 2. The molecule has 1 amide bonds. The zero-order valence-electron chi connectivity index (χ0n) is 27.1. The normalized spacial score (nSPS) is 12.3. The fourth-order valence-corrected chi connectivity index (χ4v) is 5.22. The number of amides is 1. The van der Waals surface area contributed by atoms with Crippen LogP contribution in [0.4, 0.5) is 36.8 Å². The molecule has 15 nitrogen and oxygen atoms in total. The predicted molar refractivity (Wildman–Crippen MR) is 179 cm³/mol. The lowest BCUT2D eigenvalue weighted by atomic mass is 10.3. The summed E-state index contributed by atoms with van der Waals surface area (Å²) in [5.41, 5.74) is 0.812. The van der Waals surface area contributed by atoms with Crippen molar-refractivity contribution in [3.05, 3.63) is 81.3 Å². The van der Waals surface area contributed by atoms with E-state index in [0.717, 1.165) is 6.20 Å². The number of alkyl carbamates (subject to hydrolysis) is 1. The Morgan fingerprint density at radius 3 is 2.12 bits per heavy atom. The zero-order chi connectivity index (χ0) is 38.1. The van der Waals surface area contributed by atoms with Gasteiger partial charge in [-0.2, -0.15) is 10.2 Å². The lowest BCUT2D eigenvalue weighted by Crippen LogP contribution is -2.43. The molecule has 0 saturated heterocycles. The number of ether oxygens (including phenoxy) is 2. The molecular weight excluding hydrogens is 747 g/mol. The molecule has 5 rings (SSSR count). The zero-order valence-corrected chi connectivity index (χ0v) is 28.7. The molecule has 52 heavy (non-hydrogen) atoms. The molecule has 0 aromatic carbocycles. The quantitative estimate of drug-likeness (QED) is 0.0718. The van der Waals surface area contributed by atoms with Crippen molar-refractivity contribution in [1.29, 1.82) is 0 Å². The van der Waals surface area contributed by atoms with Crippen molar-refractivity contribution < 1.29 is 45.4 Å². The number of hydrogen-bond acceptors (Lipinski definition) is 9. The van der Waals surface area contributed by atoms with E-state index >= 15 is 0 Å². The molecule has 0 fully saturated rings. The Balaban J connectivity index is 0.000000243. The first kappa shape index (κ1) is 39.3. The van der Waals surface area contributed by atoms with Gasteiger partial charge in [-0.3, -0.25) is 15.1 Å². The molecule has 23 heteroatoms. The number of esters is 1. The molecule has 0 aliphatic carbocycles. The van der Waals surface area contributed by atoms with Crippen LogP contribution in [-0.2, 0) is 22.6 Å². The summed E-state index contributed by atoms with van der Waals surface area (Å²) in [6, 6.07) is 5.82. The van der Waals surface area contributed by atoms with E-state index in [9.17, 15) is 40.7 Å². The predicted octanol–water partition coefficient (Wildman–Crippen LogP) is 5.52. The number of rotatable bonds is 12. The van der Waals surface area contributed by atoms with E-state index in [1.54, 1.807) is 26.1 Å². The molecule has 0 radical (unpaired) electrons. The maximum absolute atomic E-state index is 13.9. The van der Waals surface area contributed by atoms with Gasteiger partial charge in [-0.05, 0) is 62.5 Å². The summed E-state index contributed by atoms with van der Waals surface area (Å²) >= 11 is 10.3. The summed E-state index contributed by atoms with van der Waals surface area (Å²) < 4.78 is 90.6. The number of nitrogens with zero attached hydrogens (tertiary/aromatic N) is 6. The molecule has 280 valence electrons. The molecular formula is C29H30F6N10O5S2. The van der Waals surface area contributed by atoms with Gasteiger partial charge in [0, 0.05) is 24.8 Å². The van der Waals surface area contributed by atoms with Crippen LogP contribution in [0.15, 0.2) is 53.8 Å². The Kier molecular flexibility index (Phi) is 13.4. The van der Waals surface area contributed by atoms with Crippen molar-refractivity contribution >= 4 is 58.3 Å². The van der Waals surface area contributed by atoms with Gasteiger partial charge in [-0.1, -0.05) is 0 Å². The maximum atomic E-state index is 13.9. The largest absolute Gasteiger partial charge is 0.461 e. The summed E-state index contributed by atoms with van der Waals surface area (Å²) in [4.78, 5) is 44.9. The van der Waals surface area contributed by atoms with E-state index in [0.29, 0.717) is 20.4 Å². The summed E-state index contributed by atoms with van der Waals surface area (Å²) in [6.07, 6.45) is -7.21. The minimum absolute atomic E-state index is 0.00147. The van der Waals surface area contributed by atoms with Gasteiger partial charge in [-0.15, -0.1) is 0 Å². The third-order valence-electron chi connectivity index (χ3n) is 6.96. The molecule has 2 unspecified atom stereocenters. The van der Waals surface area contributed by atoms with E-state index < -0.39 is 37.5 Å². The molecule has 0 aliphatic rings. The highest BCUT2D eigenvalue weighted by Crippen LogP contribution is 2.26. The van der Waals surface area contributed by atoms with E-state index in [4.69, 9.17) is 33.9 Å². The Bertz CT molecular complexity index is 2110. The fraction of sp³-hybridized carbons (Fsp3) is 0.345. The number of aromatic amines is 3. The van der Waals surface area contributed by atoms with Crippen LogP contribution in [0.25, 0.3) is 11.0 Å².